The zero-order valence-corrected chi connectivity index (χ0v) is 15.0. The molecule has 1 aromatic rings. The Hall–Kier alpha value is -1.14. The molecule has 0 radical (unpaired) electrons. The van der Waals surface area contributed by atoms with E-state index in [1.807, 2.05) is 32.6 Å². The Balaban J connectivity index is 1.91. The number of thiazole rings is 1. The minimum Gasteiger partial charge on any atom is -0.444 e. The molecule has 0 bridgehead atoms. The van der Waals surface area contributed by atoms with Crippen LogP contribution < -0.4 is 5.32 Å². The number of hydrogen-bond acceptors (Lipinski definition) is 5. The van der Waals surface area contributed by atoms with Gasteiger partial charge < -0.3 is 15.0 Å². The summed E-state index contributed by atoms with van der Waals surface area (Å²) in [4.78, 5) is 18.6. The van der Waals surface area contributed by atoms with Crippen LogP contribution in [0.5, 0.6) is 0 Å². The second-order valence-corrected chi connectivity index (χ2v) is 7.87. The highest BCUT2D eigenvalue weighted by Gasteiger charge is 2.33. The molecule has 2 unspecified atom stereocenters. The Kier molecular flexibility index (Phi) is 5.45. The predicted octanol–water partition coefficient (Wildman–Crippen LogP) is 3.33. The first-order valence-corrected chi connectivity index (χ1v) is 8.78. The first-order chi connectivity index (χ1) is 10.3. The first-order valence-electron chi connectivity index (χ1n) is 7.90. The van der Waals surface area contributed by atoms with Gasteiger partial charge in [0.15, 0.2) is 0 Å². The summed E-state index contributed by atoms with van der Waals surface area (Å²) in [5.41, 5.74) is 0.615. The smallest absolute Gasteiger partial charge is 0.410 e. The molecule has 1 aromatic heterocycles. The van der Waals surface area contributed by atoms with E-state index < -0.39 is 5.60 Å². The molecule has 2 heterocycles. The molecule has 1 aliphatic rings. The van der Waals surface area contributed by atoms with Gasteiger partial charge in [-0.15, -0.1) is 11.3 Å². The Morgan fingerprint density at radius 3 is 2.86 bits per heavy atom. The molecular formula is C16H27N3O2S. The van der Waals surface area contributed by atoms with E-state index in [1.54, 1.807) is 11.3 Å². The van der Waals surface area contributed by atoms with Crippen molar-refractivity contribution >= 4 is 17.4 Å². The number of carbonyl (C=O) groups is 1. The van der Waals surface area contributed by atoms with Crippen LogP contribution in [0.2, 0.25) is 0 Å². The molecular weight excluding hydrogens is 298 g/mol. The summed E-state index contributed by atoms with van der Waals surface area (Å²) in [7, 11) is 0. The van der Waals surface area contributed by atoms with Gasteiger partial charge in [-0.25, -0.2) is 9.78 Å². The molecule has 0 aromatic carbocycles. The molecule has 5 nitrogen and oxygen atoms in total. The number of nitrogens with zero attached hydrogens (tertiary/aromatic N) is 2. The lowest BCUT2D eigenvalue weighted by atomic mass is 9.98. The molecule has 0 saturated carbocycles. The number of ether oxygens (including phenoxy) is 1. The third-order valence-corrected chi connectivity index (χ3v) is 4.76. The molecule has 1 saturated heterocycles. The number of aryl methyl sites for hydroxylation is 1. The fourth-order valence-electron chi connectivity index (χ4n) is 2.70. The van der Waals surface area contributed by atoms with Crippen molar-refractivity contribution in [1.82, 2.24) is 15.2 Å². The van der Waals surface area contributed by atoms with Crippen molar-refractivity contribution in [3.05, 3.63) is 16.1 Å². The van der Waals surface area contributed by atoms with Gasteiger partial charge in [-0.1, -0.05) is 0 Å². The SMILES string of the molecule is Cc1csc(CNC2CCCN(C(=O)OC(C)(C)C)C2C)n1. The highest BCUT2D eigenvalue weighted by Crippen LogP contribution is 2.21. The van der Waals surface area contributed by atoms with E-state index in [-0.39, 0.29) is 18.2 Å². The van der Waals surface area contributed by atoms with Crippen molar-refractivity contribution in [3.63, 3.8) is 0 Å². The summed E-state index contributed by atoms with van der Waals surface area (Å²) >= 11 is 1.68. The quantitative estimate of drug-likeness (QED) is 0.926. The predicted molar refractivity (Wildman–Crippen MR) is 89.1 cm³/mol. The standard InChI is InChI=1S/C16H27N3O2S/c1-11-10-22-14(18-11)9-17-13-7-6-8-19(12(13)2)15(20)21-16(3,4)5/h10,12-13,17H,6-9H2,1-5H3. The average Bonchev–Trinajstić information content (AvgIpc) is 2.81. The van der Waals surface area contributed by atoms with Crippen molar-refractivity contribution in [3.8, 4) is 0 Å². The molecule has 1 fully saturated rings. The van der Waals surface area contributed by atoms with Crippen LogP contribution in [0.15, 0.2) is 5.38 Å². The van der Waals surface area contributed by atoms with E-state index in [0.717, 1.165) is 36.6 Å². The van der Waals surface area contributed by atoms with Crippen LogP contribution in [0.25, 0.3) is 0 Å². The van der Waals surface area contributed by atoms with Crippen LogP contribution in [0.1, 0.15) is 51.2 Å². The molecule has 0 spiro atoms. The molecule has 22 heavy (non-hydrogen) atoms. The van der Waals surface area contributed by atoms with Crippen LogP contribution >= 0.6 is 11.3 Å². The molecule has 1 amide bonds. The molecule has 0 aliphatic carbocycles. The van der Waals surface area contributed by atoms with Gasteiger partial charge in [0, 0.05) is 36.2 Å². The third kappa shape index (κ3) is 4.68. The Labute approximate surface area is 137 Å². The molecule has 124 valence electrons. The van der Waals surface area contributed by atoms with Crippen LogP contribution in [0, 0.1) is 6.92 Å². The summed E-state index contributed by atoms with van der Waals surface area (Å²) in [6.45, 7) is 11.3. The number of aromatic nitrogens is 1. The summed E-state index contributed by atoms with van der Waals surface area (Å²) in [5.74, 6) is 0. The fourth-order valence-corrected chi connectivity index (χ4v) is 3.42. The molecule has 6 heteroatoms. The number of amides is 1. The fraction of sp³-hybridized carbons (Fsp3) is 0.750. The van der Waals surface area contributed by atoms with Gasteiger partial charge in [-0.2, -0.15) is 0 Å². The Bertz CT molecular complexity index is 510. The van der Waals surface area contributed by atoms with E-state index in [1.165, 1.54) is 0 Å². The van der Waals surface area contributed by atoms with Crippen LogP contribution in [0.4, 0.5) is 4.79 Å². The van der Waals surface area contributed by atoms with E-state index in [0.29, 0.717) is 0 Å². The van der Waals surface area contributed by atoms with Gasteiger partial charge >= 0.3 is 6.09 Å². The van der Waals surface area contributed by atoms with Crippen molar-refractivity contribution in [1.29, 1.82) is 0 Å². The van der Waals surface area contributed by atoms with Crippen molar-refractivity contribution in [2.24, 2.45) is 0 Å². The third-order valence-electron chi connectivity index (χ3n) is 3.80. The minimum absolute atomic E-state index is 0.129. The first kappa shape index (κ1) is 17.2. The summed E-state index contributed by atoms with van der Waals surface area (Å²) in [5, 5.41) is 6.71. The number of rotatable bonds is 3. The number of nitrogens with one attached hydrogen (secondary N) is 1. The Morgan fingerprint density at radius 2 is 2.27 bits per heavy atom. The highest BCUT2D eigenvalue weighted by molar-refractivity contribution is 7.09. The lowest BCUT2D eigenvalue weighted by Crippen LogP contribution is -2.55. The zero-order chi connectivity index (χ0) is 16.3. The monoisotopic (exact) mass is 325 g/mol. The lowest BCUT2D eigenvalue weighted by Gasteiger charge is -2.40. The van der Waals surface area contributed by atoms with E-state index >= 15 is 0 Å². The van der Waals surface area contributed by atoms with E-state index in [4.69, 9.17) is 4.74 Å². The largest absolute Gasteiger partial charge is 0.444 e. The maximum atomic E-state index is 12.3. The maximum Gasteiger partial charge on any atom is 0.410 e. The average molecular weight is 325 g/mol. The van der Waals surface area contributed by atoms with Crippen LogP contribution in [0.3, 0.4) is 0 Å². The van der Waals surface area contributed by atoms with Crippen molar-refractivity contribution < 1.29 is 9.53 Å². The number of hydrogen-bond donors (Lipinski definition) is 1. The molecule has 2 atom stereocenters. The highest BCUT2D eigenvalue weighted by atomic mass is 32.1. The zero-order valence-electron chi connectivity index (χ0n) is 14.2. The van der Waals surface area contributed by atoms with Crippen LogP contribution in [-0.2, 0) is 11.3 Å². The van der Waals surface area contributed by atoms with Gasteiger partial charge in [0.1, 0.15) is 10.6 Å². The van der Waals surface area contributed by atoms with Gasteiger partial charge in [-0.3, -0.25) is 0 Å². The van der Waals surface area contributed by atoms with Gasteiger partial charge in [0.25, 0.3) is 0 Å². The minimum atomic E-state index is -0.449. The van der Waals surface area contributed by atoms with Gasteiger partial charge in [0.05, 0.1) is 0 Å². The second kappa shape index (κ2) is 6.96. The van der Waals surface area contributed by atoms with Gasteiger partial charge in [-0.05, 0) is 47.5 Å². The summed E-state index contributed by atoms with van der Waals surface area (Å²) < 4.78 is 5.51. The molecule has 2 rings (SSSR count). The van der Waals surface area contributed by atoms with Gasteiger partial charge in [0.2, 0.25) is 0 Å². The normalized spacial score (nSPS) is 22.7. The van der Waals surface area contributed by atoms with Crippen molar-refractivity contribution in [2.45, 2.75) is 71.7 Å². The van der Waals surface area contributed by atoms with Crippen LogP contribution in [-0.4, -0.2) is 40.2 Å². The second-order valence-electron chi connectivity index (χ2n) is 6.93. The van der Waals surface area contributed by atoms with Crippen molar-refractivity contribution in [2.75, 3.05) is 6.54 Å². The topological polar surface area (TPSA) is 54.5 Å². The van der Waals surface area contributed by atoms with E-state index in [9.17, 15) is 4.79 Å². The Morgan fingerprint density at radius 1 is 1.55 bits per heavy atom. The number of carbonyl (C=O) groups excluding carboxylic acids is 1. The molecule has 1 aliphatic heterocycles. The number of likely N-dealkylation sites (tertiary alicyclic amines) is 1. The number of piperidine rings is 1. The summed E-state index contributed by atoms with van der Waals surface area (Å²) in [6, 6.07) is 0.412. The molecule has 1 N–H and O–H groups in total. The maximum absolute atomic E-state index is 12.3. The lowest BCUT2D eigenvalue weighted by molar-refractivity contribution is 0.00699. The summed E-state index contributed by atoms with van der Waals surface area (Å²) in [6.07, 6.45) is 1.86. The van der Waals surface area contributed by atoms with E-state index in [2.05, 4.69) is 22.6 Å².